The van der Waals surface area contributed by atoms with Gasteiger partial charge in [-0.2, -0.15) is 14.0 Å². The molecule has 0 aliphatic rings. The molecule has 0 aliphatic carbocycles. The molecule has 0 aliphatic heterocycles. The number of fused-ring (bicyclic) bond motifs is 5. The summed E-state index contributed by atoms with van der Waals surface area (Å²) in [4.78, 5) is 5.06. The van der Waals surface area contributed by atoms with E-state index in [9.17, 15) is 0 Å². The van der Waals surface area contributed by atoms with E-state index in [1.165, 1.54) is 11.7 Å². The van der Waals surface area contributed by atoms with Crippen molar-refractivity contribution in [1.82, 2.24) is 13.7 Å². The van der Waals surface area contributed by atoms with Crippen LogP contribution in [0.4, 0.5) is 0 Å². The molecule has 172 valence electrons. The maximum atomic E-state index is 9.03. The quantitative estimate of drug-likeness (QED) is 0.234. The van der Waals surface area contributed by atoms with Crippen molar-refractivity contribution in [3.8, 4) is 39.6 Å². The van der Waals surface area contributed by atoms with Gasteiger partial charge in [-0.25, -0.2) is 4.98 Å². The number of rotatable bonds is 3. The Labute approximate surface area is 217 Å². The third-order valence-corrected chi connectivity index (χ3v) is 7.36. The molecule has 7 aromatic rings. The van der Waals surface area contributed by atoms with Crippen LogP contribution in [0.1, 0.15) is 5.56 Å². The van der Waals surface area contributed by atoms with Crippen LogP contribution in [-0.2, 0) is 0 Å². The van der Waals surface area contributed by atoms with Crippen LogP contribution in [0.2, 0.25) is 0 Å². The Hall–Kier alpha value is -4.92. The van der Waals surface area contributed by atoms with Gasteiger partial charge in [0.2, 0.25) is 0 Å². The van der Waals surface area contributed by atoms with E-state index in [4.69, 9.17) is 10.2 Å². The van der Waals surface area contributed by atoms with Crippen molar-refractivity contribution in [2.75, 3.05) is 0 Å². The predicted octanol–water partition coefficient (Wildman–Crippen LogP) is 8.27. The van der Waals surface area contributed by atoms with E-state index in [-0.39, 0.29) is 0 Å². The number of nitrogens with zero attached hydrogens (tertiary/aromatic N) is 4. The fourth-order valence-electron chi connectivity index (χ4n) is 4.92. The smallest absolute Gasteiger partial charge is 0.113 e. The molecule has 0 amide bonds. The first-order valence-electron chi connectivity index (χ1n) is 11.9. The minimum absolute atomic E-state index is 0.668. The molecule has 37 heavy (non-hydrogen) atoms. The van der Waals surface area contributed by atoms with Gasteiger partial charge in [0.05, 0.1) is 34.6 Å². The maximum Gasteiger partial charge on any atom is 0.113 e. The number of hydrogen-bond donors (Lipinski definition) is 0. The number of pyridine rings is 1. The van der Waals surface area contributed by atoms with Crippen molar-refractivity contribution < 1.29 is 0 Å². The van der Waals surface area contributed by atoms with E-state index in [1.54, 1.807) is 0 Å². The van der Waals surface area contributed by atoms with Crippen molar-refractivity contribution in [2.45, 2.75) is 0 Å². The minimum Gasteiger partial charge on any atom is -0.247 e. The molecule has 0 atom stereocenters. The highest BCUT2D eigenvalue weighted by Gasteiger charge is 2.15. The molecular formula is C32H18N4S. The first kappa shape index (κ1) is 21.4. The van der Waals surface area contributed by atoms with E-state index < -0.39 is 0 Å². The highest BCUT2D eigenvalue weighted by Crippen LogP contribution is 2.37. The number of nitriles is 1. The lowest BCUT2D eigenvalue weighted by atomic mass is 9.96. The van der Waals surface area contributed by atoms with Gasteiger partial charge in [-0.1, -0.05) is 78.9 Å². The van der Waals surface area contributed by atoms with E-state index in [2.05, 4.69) is 81.5 Å². The zero-order valence-corrected chi connectivity index (χ0v) is 20.4. The molecule has 0 bridgehead atoms. The van der Waals surface area contributed by atoms with Crippen molar-refractivity contribution in [2.24, 2.45) is 0 Å². The van der Waals surface area contributed by atoms with Gasteiger partial charge in [-0.05, 0) is 52.6 Å². The van der Waals surface area contributed by atoms with Crippen molar-refractivity contribution in [3.05, 3.63) is 115 Å². The minimum atomic E-state index is 0.668. The molecule has 0 saturated heterocycles. The topological polar surface area (TPSA) is 62.5 Å². The van der Waals surface area contributed by atoms with Gasteiger partial charge < -0.3 is 0 Å². The Morgan fingerprint density at radius 1 is 0.541 bits per heavy atom. The second-order valence-corrected chi connectivity index (χ2v) is 9.47. The number of hydrogen-bond acceptors (Lipinski definition) is 5. The average molecular weight is 491 g/mol. The average Bonchev–Trinajstić information content (AvgIpc) is 3.46. The number of para-hydroxylation sites is 1. The molecule has 7 rings (SSSR count). The summed E-state index contributed by atoms with van der Waals surface area (Å²) >= 11 is 1.25. The summed E-state index contributed by atoms with van der Waals surface area (Å²) in [5, 5.41) is 12.3. The van der Waals surface area contributed by atoms with Crippen LogP contribution in [0, 0.1) is 11.3 Å². The lowest BCUT2D eigenvalue weighted by Crippen LogP contribution is -1.91. The van der Waals surface area contributed by atoms with Crippen LogP contribution in [0.25, 0.3) is 66.2 Å². The molecule has 0 spiro atoms. The van der Waals surface area contributed by atoms with E-state index in [0.717, 1.165) is 66.2 Å². The van der Waals surface area contributed by atoms with Gasteiger partial charge in [0.15, 0.2) is 0 Å². The molecule has 5 heteroatoms. The van der Waals surface area contributed by atoms with Crippen LogP contribution in [0.5, 0.6) is 0 Å². The van der Waals surface area contributed by atoms with Crippen molar-refractivity contribution in [3.63, 3.8) is 0 Å². The Morgan fingerprint density at radius 3 is 1.78 bits per heavy atom. The molecule has 0 radical (unpaired) electrons. The van der Waals surface area contributed by atoms with Gasteiger partial charge in [0, 0.05) is 21.7 Å². The summed E-state index contributed by atoms with van der Waals surface area (Å²) in [5.41, 5.74) is 10.00. The first-order valence-corrected chi connectivity index (χ1v) is 12.7. The summed E-state index contributed by atoms with van der Waals surface area (Å²) in [6.07, 6.45) is 0. The Balaban J connectivity index is 1.28. The van der Waals surface area contributed by atoms with Gasteiger partial charge in [-0.3, -0.25) is 0 Å². The molecule has 0 saturated carbocycles. The molecule has 0 fully saturated rings. The molecule has 0 unspecified atom stereocenters. The standard InChI is InChI=1S/C32H18N4S/c33-19-20-5-7-21(8-6-20)22-9-11-23(12-10-22)24-13-15-25(16-14-24)31-27-17-18-29-32(36-37-35-29)30(27)26-3-1-2-4-28(26)34-31/h1-18H. The summed E-state index contributed by atoms with van der Waals surface area (Å²) in [6, 6.07) is 39.3. The zero-order valence-electron chi connectivity index (χ0n) is 19.6. The normalized spacial score (nSPS) is 11.2. The van der Waals surface area contributed by atoms with E-state index in [1.807, 2.05) is 42.5 Å². The van der Waals surface area contributed by atoms with Crippen LogP contribution >= 0.6 is 11.7 Å². The maximum absolute atomic E-state index is 9.03. The Morgan fingerprint density at radius 2 is 1.14 bits per heavy atom. The van der Waals surface area contributed by atoms with Gasteiger partial charge in [-0.15, -0.1) is 0 Å². The SMILES string of the molecule is N#Cc1ccc(-c2ccc(-c3ccc(-c4nc5ccccc5c5c4ccc4nsnc45)cc3)cc2)cc1. The largest absolute Gasteiger partial charge is 0.247 e. The lowest BCUT2D eigenvalue weighted by molar-refractivity contribution is 1.43. The van der Waals surface area contributed by atoms with Crippen molar-refractivity contribution >= 4 is 44.4 Å². The van der Waals surface area contributed by atoms with Crippen LogP contribution in [-0.4, -0.2) is 13.7 Å². The molecular weight excluding hydrogens is 472 g/mol. The first-order chi connectivity index (χ1) is 18.3. The van der Waals surface area contributed by atoms with Gasteiger partial charge >= 0.3 is 0 Å². The monoisotopic (exact) mass is 490 g/mol. The molecule has 2 heterocycles. The highest BCUT2D eigenvalue weighted by molar-refractivity contribution is 7.00. The zero-order chi connectivity index (χ0) is 24.8. The van der Waals surface area contributed by atoms with Crippen molar-refractivity contribution in [1.29, 1.82) is 5.26 Å². The van der Waals surface area contributed by atoms with Gasteiger partial charge in [0.1, 0.15) is 11.0 Å². The molecule has 5 aromatic carbocycles. The highest BCUT2D eigenvalue weighted by atomic mass is 32.1. The Kier molecular flexibility index (Phi) is 4.99. The summed E-state index contributed by atoms with van der Waals surface area (Å²) in [6.45, 7) is 0. The van der Waals surface area contributed by atoms with E-state index >= 15 is 0 Å². The lowest BCUT2D eigenvalue weighted by Gasteiger charge is -2.11. The molecule has 2 aromatic heterocycles. The predicted molar refractivity (Wildman–Crippen MR) is 151 cm³/mol. The summed E-state index contributed by atoms with van der Waals surface area (Å²) < 4.78 is 9.07. The summed E-state index contributed by atoms with van der Waals surface area (Å²) in [5.74, 6) is 0. The Bertz CT molecular complexity index is 1960. The third kappa shape index (κ3) is 3.63. The second-order valence-electron chi connectivity index (χ2n) is 8.94. The van der Waals surface area contributed by atoms with Crippen LogP contribution < -0.4 is 0 Å². The van der Waals surface area contributed by atoms with Crippen LogP contribution in [0.15, 0.2) is 109 Å². The third-order valence-electron chi connectivity index (χ3n) is 6.81. The fourth-order valence-corrected chi connectivity index (χ4v) is 5.46. The number of benzene rings is 5. The molecule has 4 nitrogen and oxygen atoms in total. The second kappa shape index (κ2) is 8.63. The fraction of sp³-hybridized carbons (Fsp3) is 0. The van der Waals surface area contributed by atoms with E-state index in [0.29, 0.717) is 5.56 Å². The number of aromatic nitrogens is 3. The van der Waals surface area contributed by atoms with Crippen LogP contribution in [0.3, 0.4) is 0 Å². The van der Waals surface area contributed by atoms with Gasteiger partial charge in [0.25, 0.3) is 0 Å². The summed E-state index contributed by atoms with van der Waals surface area (Å²) in [7, 11) is 0. The molecule has 0 N–H and O–H groups in total.